The fourth-order valence-electron chi connectivity index (χ4n) is 2.82. The number of hydrogen-bond acceptors (Lipinski definition) is 4. The third-order valence-electron chi connectivity index (χ3n) is 3.98. The lowest BCUT2D eigenvalue weighted by atomic mass is 10.0. The Morgan fingerprint density at radius 3 is 3.00 bits per heavy atom. The number of aliphatic hydroxyl groups is 1. The number of rotatable bonds is 2. The number of aromatic amines is 1. The quantitative estimate of drug-likeness (QED) is 0.799. The zero-order valence-electron chi connectivity index (χ0n) is 10.0. The maximum atomic E-state index is 14.7. The van der Waals surface area contributed by atoms with E-state index in [1.165, 1.54) is 6.92 Å². The van der Waals surface area contributed by atoms with Crippen LogP contribution in [-0.4, -0.2) is 32.5 Å². The van der Waals surface area contributed by atoms with Gasteiger partial charge in [-0.25, -0.2) is 4.39 Å². The van der Waals surface area contributed by atoms with Crippen LogP contribution in [-0.2, 0) is 4.74 Å². The second-order valence-corrected chi connectivity index (χ2v) is 5.63. The van der Waals surface area contributed by atoms with Crippen molar-refractivity contribution in [1.29, 1.82) is 0 Å². The number of hydrogen-bond donors (Lipinski definition) is 2. The Labute approximate surface area is 111 Å². The molecule has 1 aliphatic carbocycles. The fraction of sp³-hybridized carbons (Fsp3) is 0.636. The standard InChI is InChI=1S/C11H12F2N2O3S/c1-10(13)6-2-11(6,4-16)18-8(10)15-3-5(12)7(17)14-9(15)19/h3,6,8,16H,2,4H2,1H3,(H,14,17,19). The lowest BCUT2D eigenvalue weighted by Gasteiger charge is -2.27. The molecule has 2 N–H and O–H groups in total. The van der Waals surface area contributed by atoms with Gasteiger partial charge in [0, 0.05) is 5.92 Å². The maximum Gasteiger partial charge on any atom is 0.287 e. The molecule has 0 amide bonds. The van der Waals surface area contributed by atoms with Gasteiger partial charge < -0.3 is 9.84 Å². The number of aliphatic hydroxyl groups excluding tert-OH is 1. The number of alkyl halides is 1. The van der Waals surface area contributed by atoms with E-state index in [1.54, 1.807) is 0 Å². The van der Waals surface area contributed by atoms with Gasteiger partial charge in [0.15, 0.2) is 16.7 Å². The lowest BCUT2D eigenvalue weighted by Crippen LogP contribution is -2.33. The Morgan fingerprint density at radius 1 is 1.74 bits per heavy atom. The van der Waals surface area contributed by atoms with Crippen LogP contribution in [0.3, 0.4) is 0 Å². The van der Waals surface area contributed by atoms with Gasteiger partial charge in [0.05, 0.1) is 12.8 Å². The molecular weight excluding hydrogens is 278 g/mol. The second kappa shape index (κ2) is 3.71. The van der Waals surface area contributed by atoms with E-state index < -0.39 is 34.8 Å². The highest BCUT2D eigenvalue weighted by Crippen LogP contribution is 2.65. The number of aromatic nitrogens is 2. The first-order chi connectivity index (χ1) is 8.82. The third kappa shape index (κ3) is 1.63. The molecule has 1 saturated carbocycles. The van der Waals surface area contributed by atoms with Crippen molar-refractivity contribution in [3.05, 3.63) is 27.1 Å². The molecule has 0 spiro atoms. The van der Waals surface area contributed by atoms with E-state index in [0.717, 1.165) is 10.8 Å². The molecule has 5 nitrogen and oxygen atoms in total. The molecular formula is C11H12F2N2O3S. The van der Waals surface area contributed by atoms with E-state index >= 15 is 0 Å². The minimum absolute atomic E-state index is 0.116. The molecule has 1 aromatic heterocycles. The highest BCUT2D eigenvalue weighted by molar-refractivity contribution is 7.71. The summed E-state index contributed by atoms with van der Waals surface area (Å²) in [4.78, 5) is 13.2. The van der Waals surface area contributed by atoms with Crippen molar-refractivity contribution >= 4 is 12.2 Å². The first-order valence-electron chi connectivity index (χ1n) is 5.80. The molecule has 3 rings (SSSR count). The molecule has 2 heterocycles. The minimum Gasteiger partial charge on any atom is -0.393 e. The molecule has 0 radical (unpaired) electrons. The molecule has 4 atom stereocenters. The van der Waals surface area contributed by atoms with Gasteiger partial charge in [0.1, 0.15) is 5.60 Å². The van der Waals surface area contributed by atoms with E-state index in [9.17, 15) is 18.7 Å². The van der Waals surface area contributed by atoms with Crippen molar-refractivity contribution in [3.63, 3.8) is 0 Å². The lowest BCUT2D eigenvalue weighted by molar-refractivity contribution is -0.102. The van der Waals surface area contributed by atoms with Crippen molar-refractivity contribution in [1.82, 2.24) is 9.55 Å². The Morgan fingerprint density at radius 2 is 2.42 bits per heavy atom. The van der Waals surface area contributed by atoms with Crippen LogP contribution in [0.1, 0.15) is 19.6 Å². The monoisotopic (exact) mass is 290 g/mol. The van der Waals surface area contributed by atoms with E-state index in [4.69, 9.17) is 17.0 Å². The van der Waals surface area contributed by atoms with Gasteiger partial charge in [0.25, 0.3) is 5.56 Å². The Hall–Kier alpha value is -1.12. The van der Waals surface area contributed by atoms with E-state index in [0.29, 0.717) is 6.42 Å². The highest BCUT2D eigenvalue weighted by atomic mass is 32.1. The second-order valence-electron chi connectivity index (χ2n) is 5.24. The zero-order chi connectivity index (χ0) is 14.0. The first kappa shape index (κ1) is 12.9. The molecule has 2 aliphatic rings. The van der Waals surface area contributed by atoms with E-state index in [1.807, 2.05) is 0 Å². The molecule has 1 saturated heterocycles. The van der Waals surface area contributed by atoms with Gasteiger partial charge in [-0.1, -0.05) is 0 Å². The highest BCUT2D eigenvalue weighted by Gasteiger charge is 2.74. The summed E-state index contributed by atoms with van der Waals surface area (Å²) in [5, 5.41) is 9.27. The topological polar surface area (TPSA) is 67.2 Å². The molecule has 2 fully saturated rings. The molecule has 1 aliphatic heterocycles. The van der Waals surface area contributed by atoms with Crippen LogP contribution < -0.4 is 5.56 Å². The van der Waals surface area contributed by atoms with Crippen molar-refractivity contribution in [2.45, 2.75) is 30.8 Å². The number of H-pyrrole nitrogens is 1. The van der Waals surface area contributed by atoms with Crippen LogP contribution in [0.4, 0.5) is 8.78 Å². The number of halogens is 2. The normalized spacial score (nSPS) is 40.2. The molecule has 104 valence electrons. The summed E-state index contributed by atoms with van der Waals surface area (Å²) >= 11 is 4.90. The maximum absolute atomic E-state index is 14.7. The molecule has 0 bridgehead atoms. The van der Waals surface area contributed by atoms with Gasteiger partial charge in [-0.3, -0.25) is 14.3 Å². The molecule has 4 unspecified atom stereocenters. The van der Waals surface area contributed by atoms with Crippen LogP contribution in [0.15, 0.2) is 11.0 Å². The predicted molar refractivity (Wildman–Crippen MR) is 63.4 cm³/mol. The first-order valence-corrected chi connectivity index (χ1v) is 6.21. The summed E-state index contributed by atoms with van der Waals surface area (Å²) in [5.74, 6) is -1.52. The molecule has 0 aromatic carbocycles. The van der Waals surface area contributed by atoms with Gasteiger partial charge in [0.2, 0.25) is 5.82 Å². The summed E-state index contributed by atoms with van der Waals surface area (Å²) in [6, 6.07) is 0. The number of nitrogens with one attached hydrogen (secondary N) is 1. The summed E-state index contributed by atoms with van der Waals surface area (Å²) < 4.78 is 34.5. The molecule has 19 heavy (non-hydrogen) atoms. The van der Waals surface area contributed by atoms with Gasteiger partial charge in [-0.2, -0.15) is 4.39 Å². The van der Waals surface area contributed by atoms with Crippen LogP contribution in [0.5, 0.6) is 0 Å². The van der Waals surface area contributed by atoms with Crippen molar-refractivity contribution < 1.29 is 18.6 Å². The number of fused-ring (bicyclic) bond motifs is 1. The molecule has 8 heteroatoms. The summed E-state index contributed by atoms with van der Waals surface area (Å²) in [5.41, 5.74) is -3.65. The summed E-state index contributed by atoms with van der Waals surface area (Å²) in [7, 11) is 0. The third-order valence-corrected chi connectivity index (χ3v) is 4.29. The minimum atomic E-state index is -1.79. The number of nitrogens with zero attached hydrogens (tertiary/aromatic N) is 1. The zero-order valence-corrected chi connectivity index (χ0v) is 10.8. The van der Waals surface area contributed by atoms with Crippen molar-refractivity contribution in [2.75, 3.05) is 6.61 Å². The number of ether oxygens (including phenoxy) is 1. The van der Waals surface area contributed by atoms with Gasteiger partial charge >= 0.3 is 0 Å². The summed E-state index contributed by atoms with van der Waals surface area (Å²) in [6.45, 7) is 1.03. The van der Waals surface area contributed by atoms with Crippen LogP contribution in [0.25, 0.3) is 0 Å². The van der Waals surface area contributed by atoms with E-state index in [-0.39, 0.29) is 11.4 Å². The van der Waals surface area contributed by atoms with E-state index in [2.05, 4.69) is 4.98 Å². The predicted octanol–water partition coefficient (Wildman–Crippen LogP) is 1.05. The average Bonchev–Trinajstić information content (AvgIpc) is 3.02. The Balaban J connectivity index is 2.07. The van der Waals surface area contributed by atoms with Gasteiger partial charge in [-0.05, 0) is 25.6 Å². The summed E-state index contributed by atoms with van der Waals surface area (Å²) in [6.07, 6.45) is 0.100. The smallest absolute Gasteiger partial charge is 0.287 e. The molecule has 1 aromatic rings. The average molecular weight is 290 g/mol. The van der Waals surface area contributed by atoms with Crippen molar-refractivity contribution in [2.24, 2.45) is 5.92 Å². The fourth-order valence-corrected chi connectivity index (χ4v) is 3.06. The Kier molecular flexibility index (Phi) is 2.52. The largest absolute Gasteiger partial charge is 0.393 e. The SMILES string of the molecule is CC1(F)C(n2cc(F)c(=O)[nH]c2=S)OC2(CO)CC21. The van der Waals surface area contributed by atoms with Crippen LogP contribution >= 0.6 is 12.2 Å². The Bertz CT molecular complexity index is 656. The van der Waals surface area contributed by atoms with Crippen molar-refractivity contribution in [3.8, 4) is 0 Å². The van der Waals surface area contributed by atoms with Crippen LogP contribution in [0, 0.1) is 16.5 Å². The van der Waals surface area contributed by atoms with Crippen LogP contribution in [0.2, 0.25) is 0 Å². The van der Waals surface area contributed by atoms with Gasteiger partial charge in [-0.15, -0.1) is 0 Å².